The van der Waals surface area contributed by atoms with Crippen LogP contribution in [0.1, 0.15) is 82.3 Å². The van der Waals surface area contributed by atoms with Gasteiger partial charge in [-0.2, -0.15) is 0 Å². The lowest BCUT2D eigenvalue weighted by Gasteiger charge is -2.29. The molecule has 0 heterocycles. The van der Waals surface area contributed by atoms with Gasteiger partial charge in [0.15, 0.2) is 0 Å². The molecule has 0 N–H and O–H groups in total. The fourth-order valence-electron chi connectivity index (χ4n) is 4.27. The lowest BCUT2D eigenvalue weighted by Crippen LogP contribution is -2.40. The maximum Gasteiger partial charge on any atom is 0.311 e. The van der Waals surface area contributed by atoms with E-state index in [1.807, 2.05) is 6.07 Å². The van der Waals surface area contributed by atoms with Crippen LogP contribution in [0.15, 0.2) is 54.6 Å². The van der Waals surface area contributed by atoms with E-state index < -0.39 is 0 Å². The van der Waals surface area contributed by atoms with Gasteiger partial charge in [-0.05, 0) is 30.5 Å². The molecule has 0 atom stereocenters. The molecule has 0 saturated carbocycles. The number of carbonyl (C=O) groups excluding carboxylic acids is 1. The lowest BCUT2D eigenvalue weighted by molar-refractivity contribution is -0.903. The molecule has 0 spiro atoms. The normalized spacial score (nSPS) is 11.4. The fourth-order valence-corrected chi connectivity index (χ4v) is 4.27. The molecule has 0 unspecified atom stereocenters. The van der Waals surface area contributed by atoms with Gasteiger partial charge in [-0.15, -0.1) is 0 Å². The number of hydrogen-bond acceptors (Lipinski definition) is 3. The zero-order valence-electron chi connectivity index (χ0n) is 22.5. The molecule has 0 aliphatic heterocycles. The summed E-state index contributed by atoms with van der Waals surface area (Å²) in [6.07, 6.45) is 13.1. The summed E-state index contributed by atoms with van der Waals surface area (Å²) in [6, 6.07) is 18.8. The highest BCUT2D eigenvalue weighted by Crippen LogP contribution is 2.16. The van der Waals surface area contributed by atoms with E-state index in [4.69, 9.17) is 9.47 Å². The van der Waals surface area contributed by atoms with Gasteiger partial charge in [-0.3, -0.25) is 4.79 Å². The standard InChI is InChI=1S/C31H48NO3/c1-4-5-6-7-8-9-10-12-16-28-19-21-30(22-20-28)34-25-15-26-35-31(33)23-24-32(2,3)27-29-17-13-11-14-18-29/h11,13-14,17-22H,4-10,12,15-16,23-27H2,1-3H3/q+1. The second-order valence-corrected chi connectivity index (χ2v) is 10.3. The number of benzene rings is 2. The third kappa shape index (κ3) is 14.0. The number of rotatable bonds is 19. The second kappa shape index (κ2) is 17.2. The minimum Gasteiger partial charge on any atom is -0.493 e. The Morgan fingerprint density at radius 3 is 2.09 bits per heavy atom. The summed E-state index contributed by atoms with van der Waals surface area (Å²) in [5.41, 5.74) is 2.66. The van der Waals surface area contributed by atoms with Crippen molar-refractivity contribution in [2.75, 3.05) is 33.9 Å². The van der Waals surface area contributed by atoms with Gasteiger partial charge in [0.2, 0.25) is 0 Å². The summed E-state index contributed by atoms with van der Waals surface area (Å²) < 4.78 is 12.0. The summed E-state index contributed by atoms with van der Waals surface area (Å²) in [4.78, 5) is 12.1. The van der Waals surface area contributed by atoms with Gasteiger partial charge in [0.25, 0.3) is 0 Å². The predicted molar refractivity (Wildman–Crippen MR) is 146 cm³/mol. The Kier molecular flexibility index (Phi) is 14.2. The van der Waals surface area contributed by atoms with Crippen molar-refractivity contribution in [1.29, 1.82) is 0 Å². The molecule has 0 fully saturated rings. The van der Waals surface area contributed by atoms with Crippen molar-refractivity contribution in [1.82, 2.24) is 0 Å². The number of carbonyl (C=O) groups is 1. The summed E-state index contributed by atoms with van der Waals surface area (Å²) in [5, 5.41) is 0. The molecule has 194 valence electrons. The SMILES string of the molecule is CCCCCCCCCCc1ccc(OCCCOC(=O)CC[N+](C)(C)Cc2ccccc2)cc1. The highest BCUT2D eigenvalue weighted by molar-refractivity contribution is 5.69. The Hall–Kier alpha value is -2.33. The van der Waals surface area contributed by atoms with Gasteiger partial charge in [0.1, 0.15) is 12.3 Å². The number of hydrogen-bond donors (Lipinski definition) is 0. The number of ether oxygens (including phenoxy) is 2. The van der Waals surface area contributed by atoms with Crippen LogP contribution in [-0.4, -0.2) is 44.3 Å². The first-order valence-corrected chi connectivity index (χ1v) is 13.7. The average Bonchev–Trinajstić information content (AvgIpc) is 2.85. The van der Waals surface area contributed by atoms with Gasteiger partial charge in [-0.1, -0.05) is 94.3 Å². The van der Waals surface area contributed by atoms with Crippen LogP contribution in [0, 0.1) is 0 Å². The van der Waals surface area contributed by atoms with Crippen molar-refractivity contribution in [3.63, 3.8) is 0 Å². The maximum absolute atomic E-state index is 12.1. The minimum absolute atomic E-state index is 0.130. The van der Waals surface area contributed by atoms with Crippen molar-refractivity contribution in [2.45, 2.75) is 84.1 Å². The van der Waals surface area contributed by atoms with E-state index in [0.717, 1.165) is 29.7 Å². The quantitative estimate of drug-likeness (QED) is 0.119. The van der Waals surface area contributed by atoms with Crippen LogP contribution in [0.4, 0.5) is 0 Å². The summed E-state index contributed by atoms with van der Waals surface area (Å²) in [7, 11) is 4.30. The Balaban J connectivity index is 1.50. The second-order valence-electron chi connectivity index (χ2n) is 10.3. The van der Waals surface area contributed by atoms with E-state index >= 15 is 0 Å². The molecule has 0 amide bonds. The third-order valence-electron chi connectivity index (χ3n) is 6.44. The van der Waals surface area contributed by atoms with Gasteiger partial charge >= 0.3 is 5.97 Å². The van der Waals surface area contributed by atoms with Crippen LogP contribution in [0.25, 0.3) is 0 Å². The Labute approximate surface area is 214 Å². The van der Waals surface area contributed by atoms with Crippen molar-refractivity contribution < 1.29 is 18.8 Å². The molecule has 0 radical (unpaired) electrons. The van der Waals surface area contributed by atoms with Crippen molar-refractivity contribution in [2.24, 2.45) is 0 Å². The predicted octanol–water partition coefficient (Wildman–Crippen LogP) is 7.35. The van der Waals surface area contributed by atoms with E-state index in [1.54, 1.807) is 0 Å². The molecule has 2 rings (SSSR count). The molecular formula is C31H48NO3+. The van der Waals surface area contributed by atoms with Gasteiger partial charge in [0.05, 0.1) is 40.3 Å². The van der Waals surface area contributed by atoms with Crippen LogP contribution < -0.4 is 4.74 Å². The monoisotopic (exact) mass is 482 g/mol. The Morgan fingerprint density at radius 1 is 0.743 bits per heavy atom. The molecule has 4 nitrogen and oxygen atoms in total. The molecule has 4 heteroatoms. The first kappa shape index (κ1) is 28.9. The molecule has 0 aliphatic rings. The van der Waals surface area contributed by atoms with E-state index in [1.165, 1.54) is 62.5 Å². The number of nitrogens with zero attached hydrogens (tertiary/aromatic N) is 1. The molecule has 0 aliphatic carbocycles. The third-order valence-corrected chi connectivity index (χ3v) is 6.44. The van der Waals surface area contributed by atoms with Crippen molar-refractivity contribution in [3.8, 4) is 5.75 Å². The fraction of sp³-hybridized carbons (Fsp3) is 0.581. The van der Waals surface area contributed by atoms with E-state index in [2.05, 4.69) is 69.6 Å². The van der Waals surface area contributed by atoms with Gasteiger partial charge < -0.3 is 14.0 Å². The summed E-state index contributed by atoms with van der Waals surface area (Å²) >= 11 is 0. The zero-order chi connectivity index (χ0) is 25.2. The first-order valence-electron chi connectivity index (χ1n) is 13.7. The zero-order valence-corrected chi connectivity index (χ0v) is 22.5. The summed E-state index contributed by atoms with van der Waals surface area (Å²) in [5.74, 6) is 0.755. The number of aryl methyl sites for hydroxylation is 1. The highest BCUT2D eigenvalue weighted by atomic mass is 16.5. The summed E-state index contributed by atoms with van der Waals surface area (Å²) in [6.45, 7) is 4.89. The van der Waals surface area contributed by atoms with Crippen LogP contribution >= 0.6 is 0 Å². The minimum atomic E-state index is -0.130. The van der Waals surface area contributed by atoms with Crippen molar-refractivity contribution in [3.05, 3.63) is 65.7 Å². The van der Waals surface area contributed by atoms with E-state index in [0.29, 0.717) is 26.1 Å². The van der Waals surface area contributed by atoms with Crippen LogP contribution in [0.2, 0.25) is 0 Å². The number of quaternary nitrogens is 1. The van der Waals surface area contributed by atoms with Gasteiger partial charge in [0, 0.05) is 12.0 Å². The molecular weight excluding hydrogens is 434 g/mol. The topological polar surface area (TPSA) is 35.5 Å². The van der Waals surface area contributed by atoms with E-state index in [9.17, 15) is 4.79 Å². The molecule has 35 heavy (non-hydrogen) atoms. The molecule has 0 saturated heterocycles. The highest BCUT2D eigenvalue weighted by Gasteiger charge is 2.18. The molecule has 2 aromatic carbocycles. The van der Waals surface area contributed by atoms with Gasteiger partial charge in [-0.25, -0.2) is 0 Å². The number of esters is 1. The maximum atomic E-state index is 12.1. The average molecular weight is 483 g/mol. The van der Waals surface area contributed by atoms with Crippen LogP contribution in [0.5, 0.6) is 5.75 Å². The molecule has 0 bridgehead atoms. The van der Waals surface area contributed by atoms with E-state index in [-0.39, 0.29) is 5.97 Å². The Morgan fingerprint density at radius 2 is 1.40 bits per heavy atom. The van der Waals surface area contributed by atoms with Crippen LogP contribution in [-0.2, 0) is 22.5 Å². The molecule has 0 aromatic heterocycles. The lowest BCUT2D eigenvalue weighted by atomic mass is 10.0. The van der Waals surface area contributed by atoms with Crippen LogP contribution in [0.3, 0.4) is 0 Å². The smallest absolute Gasteiger partial charge is 0.311 e. The largest absolute Gasteiger partial charge is 0.493 e. The Bertz CT molecular complexity index is 802. The molecule has 2 aromatic rings. The van der Waals surface area contributed by atoms with Crippen molar-refractivity contribution >= 4 is 5.97 Å². The first-order chi connectivity index (χ1) is 17.0. The number of unbranched alkanes of at least 4 members (excludes halogenated alkanes) is 7.